The highest BCUT2D eigenvalue weighted by Gasteiger charge is 2.31. The van der Waals surface area contributed by atoms with Crippen molar-refractivity contribution < 1.29 is 4.74 Å². The summed E-state index contributed by atoms with van der Waals surface area (Å²) in [6.45, 7) is 9.46. The van der Waals surface area contributed by atoms with Crippen LogP contribution in [0.15, 0.2) is 18.3 Å². The topological polar surface area (TPSA) is 51.4 Å². The third-order valence-corrected chi connectivity index (χ3v) is 3.44. The average Bonchev–Trinajstić information content (AvgIpc) is 2.31. The number of ether oxygens (including phenoxy) is 1. The lowest BCUT2D eigenvalue weighted by molar-refractivity contribution is -0.0967. The van der Waals surface area contributed by atoms with E-state index in [4.69, 9.17) is 10.5 Å². The van der Waals surface area contributed by atoms with Crippen LogP contribution in [0.1, 0.15) is 31.1 Å². The van der Waals surface area contributed by atoms with Gasteiger partial charge in [-0.3, -0.25) is 9.88 Å². The molecule has 100 valence electrons. The molecule has 1 aliphatic heterocycles. The largest absolute Gasteiger partial charge is 0.373 e. The molecule has 2 N–H and O–H groups in total. The molecule has 1 fully saturated rings. The maximum Gasteiger partial charge on any atom is 0.0753 e. The molecule has 4 heteroatoms. The Labute approximate surface area is 109 Å². The lowest BCUT2D eigenvalue weighted by Crippen LogP contribution is -2.50. The Bertz CT molecular complexity index is 389. The van der Waals surface area contributed by atoms with Crippen molar-refractivity contribution in [3.63, 3.8) is 0 Å². The van der Waals surface area contributed by atoms with E-state index in [-0.39, 0.29) is 11.6 Å². The molecule has 0 amide bonds. The van der Waals surface area contributed by atoms with Crippen LogP contribution in [0.5, 0.6) is 0 Å². The number of aromatic nitrogens is 1. The Morgan fingerprint density at radius 3 is 2.83 bits per heavy atom. The first kappa shape index (κ1) is 13.5. The molecule has 1 aromatic heterocycles. The summed E-state index contributed by atoms with van der Waals surface area (Å²) in [5.41, 5.74) is 8.09. The summed E-state index contributed by atoms with van der Waals surface area (Å²) in [5.74, 6) is 0. The summed E-state index contributed by atoms with van der Waals surface area (Å²) >= 11 is 0. The molecule has 1 saturated heterocycles. The normalized spacial score (nSPS) is 21.8. The molecular weight excluding hydrogens is 226 g/mol. The lowest BCUT2D eigenvalue weighted by atomic mass is 10.0. The highest BCUT2D eigenvalue weighted by Crippen LogP contribution is 2.25. The van der Waals surface area contributed by atoms with Crippen LogP contribution in [-0.4, -0.2) is 41.7 Å². The summed E-state index contributed by atoms with van der Waals surface area (Å²) in [6, 6.07) is 4.41. The molecular formula is C14H23N3O. The Kier molecular flexibility index (Phi) is 4.00. The van der Waals surface area contributed by atoms with Crippen LogP contribution in [0.3, 0.4) is 0 Å². The van der Waals surface area contributed by atoms with E-state index in [1.54, 1.807) is 0 Å². The highest BCUT2D eigenvalue weighted by atomic mass is 16.5. The first-order chi connectivity index (χ1) is 8.52. The van der Waals surface area contributed by atoms with Gasteiger partial charge in [0.15, 0.2) is 0 Å². The van der Waals surface area contributed by atoms with Gasteiger partial charge in [-0.05, 0) is 32.4 Å². The van der Waals surface area contributed by atoms with Gasteiger partial charge in [-0.25, -0.2) is 0 Å². The zero-order valence-electron chi connectivity index (χ0n) is 11.5. The zero-order chi connectivity index (χ0) is 13.2. The predicted octanol–water partition coefficient (Wildman–Crippen LogP) is 1.50. The number of morpholine rings is 1. The van der Waals surface area contributed by atoms with Crippen molar-refractivity contribution in [2.75, 3.05) is 26.2 Å². The zero-order valence-corrected chi connectivity index (χ0v) is 11.5. The molecule has 0 saturated carbocycles. The van der Waals surface area contributed by atoms with Gasteiger partial charge in [0, 0.05) is 37.6 Å². The van der Waals surface area contributed by atoms with E-state index in [1.807, 2.05) is 19.2 Å². The molecule has 1 aliphatic rings. The van der Waals surface area contributed by atoms with E-state index >= 15 is 0 Å². The monoisotopic (exact) mass is 249 g/mol. The molecule has 1 unspecified atom stereocenters. The van der Waals surface area contributed by atoms with Crippen LogP contribution in [0.2, 0.25) is 0 Å². The molecule has 0 aliphatic carbocycles. The molecule has 0 bridgehead atoms. The molecule has 0 aromatic carbocycles. The van der Waals surface area contributed by atoms with Gasteiger partial charge in [0.1, 0.15) is 0 Å². The second kappa shape index (κ2) is 5.34. The van der Waals surface area contributed by atoms with Crippen LogP contribution in [-0.2, 0) is 4.74 Å². The number of aryl methyl sites for hydroxylation is 1. The minimum absolute atomic E-state index is 0.0935. The number of hydrogen-bond donors (Lipinski definition) is 1. The summed E-state index contributed by atoms with van der Waals surface area (Å²) < 4.78 is 5.75. The second-order valence-electron chi connectivity index (χ2n) is 5.56. The minimum Gasteiger partial charge on any atom is -0.373 e. The molecule has 2 heterocycles. The number of nitrogens with two attached hydrogens (primary N) is 1. The molecule has 1 atom stereocenters. The maximum atomic E-state index is 5.95. The van der Waals surface area contributed by atoms with Gasteiger partial charge in [-0.15, -0.1) is 0 Å². The summed E-state index contributed by atoms with van der Waals surface area (Å²) in [5, 5.41) is 0. The Morgan fingerprint density at radius 1 is 1.50 bits per heavy atom. The number of rotatable bonds is 3. The SMILES string of the molecule is Cc1ccc(C(CN)N2CCOC(C)(C)C2)cn1. The van der Waals surface area contributed by atoms with Gasteiger partial charge in [-0.1, -0.05) is 6.07 Å². The summed E-state index contributed by atoms with van der Waals surface area (Å²) in [7, 11) is 0. The van der Waals surface area contributed by atoms with Crippen LogP contribution in [0, 0.1) is 6.92 Å². The average molecular weight is 249 g/mol. The Morgan fingerprint density at radius 2 is 2.28 bits per heavy atom. The number of nitrogens with zero attached hydrogens (tertiary/aromatic N) is 2. The number of pyridine rings is 1. The van der Waals surface area contributed by atoms with Crippen LogP contribution in [0.4, 0.5) is 0 Å². The number of hydrogen-bond acceptors (Lipinski definition) is 4. The standard InChI is InChI=1S/C14H23N3O/c1-11-4-5-12(9-16-11)13(8-15)17-6-7-18-14(2,3)10-17/h4-5,9,13H,6-8,10,15H2,1-3H3. The van der Waals surface area contributed by atoms with Gasteiger partial charge in [0.25, 0.3) is 0 Å². The van der Waals surface area contributed by atoms with Crippen molar-refractivity contribution in [3.8, 4) is 0 Å². The Balaban J connectivity index is 2.15. The molecule has 0 radical (unpaired) electrons. The van der Waals surface area contributed by atoms with Gasteiger partial charge < -0.3 is 10.5 Å². The fourth-order valence-corrected chi connectivity index (χ4v) is 2.49. The van der Waals surface area contributed by atoms with Crippen LogP contribution in [0.25, 0.3) is 0 Å². The first-order valence-corrected chi connectivity index (χ1v) is 6.52. The van der Waals surface area contributed by atoms with E-state index < -0.39 is 0 Å². The van der Waals surface area contributed by atoms with E-state index in [0.29, 0.717) is 6.54 Å². The van der Waals surface area contributed by atoms with E-state index in [0.717, 1.165) is 25.4 Å². The van der Waals surface area contributed by atoms with Crippen molar-refractivity contribution in [3.05, 3.63) is 29.6 Å². The smallest absolute Gasteiger partial charge is 0.0753 e. The summed E-state index contributed by atoms with van der Waals surface area (Å²) in [4.78, 5) is 6.76. The third kappa shape index (κ3) is 3.07. The third-order valence-electron chi connectivity index (χ3n) is 3.44. The highest BCUT2D eigenvalue weighted by molar-refractivity contribution is 5.18. The Hall–Kier alpha value is -0.970. The molecule has 4 nitrogen and oxygen atoms in total. The van der Waals surface area contributed by atoms with Gasteiger partial charge in [0.2, 0.25) is 0 Å². The van der Waals surface area contributed by atoms with Gasteiger partial charge in [-0.2, -0.15) is 0 Å². The maximum absolute atomic E-state index is 5.95. The fraction of sp³-hybridized carbons (Fsp3) is 0.643. The first-order valence-electron chi connectivity index (χ1n) is 6.52. The quantitative estimate of drug-likeness (QED) is 0.882. The minimum atomic E-state index is -0.0935. The van der Waals surface area contributed by atoms with Gasteiger partial charge in [0.05, 0.1) is 12.2 Å². The van der Waals surface area contributed by atoms with Crippen molar-refractivity contribution in [1.29, 1.82) is 0 Å². The van der Waals surface area contributed by atoms with Gasteiger partial charge >= 0.3 is 0 Å². The fourth-order valence-electron chi connectivity index (χ4n) is 2.49. The second-order valence-corrected chi connectivity index (χ2v) is 5.56. The molecule has 18 heavy (non-hydrogen) atoms. The van der Waals surface area contributed by atoms with Crippen molar-refractivity contribution in [2.24, 2.45) is 5.73 Å². The van der Waals surface area contributed by atoms with Crippen molar-refractivity contribution >= 4 is 0 Å². The van der Waals surface area contributed by atoms with E-state index in [2.05, 4.69) is 29.8 Å². The molecule has 2 rings (SSSR count). The summed E-state index contributed by atoms with van der Waals surface area (Å²) in [6.07, 6.45) is 1.94. The molecule has 1 aromatic rings. The van der Waals surface area contributed by atoms with E-state index in [1.165, 1.54) is 5.56 Å². The molecule has 0 spiro atoms. The van der Waals surface area contributed by atoms with E-state index in [9.17, 15) is 0 Å². The van der Waals surface area contributed by atoms with Crippen molar-refractivity contribution in [1.82, 2.24) is 9.88 Å². The van der Waals surface area contributed by atoms with Crippen molar-refractivity contribution in [2.45, 2.75) is 32.4 Å². The lowest BCUT2D eigenvalue weighted by Gasteiger charge is -2.42. The van der Waals surface area contributed by atoms with Crippen LogP contribution >= 0.6 is 0 Å². The van der Waals surface area contributed by atoms with Crippen LogP contribution < -0.4 is 5.73 Å². The predicted molar refractivity (Wildman–Crippen MR) is 72.4 cm³/mol.